The van der Waals surface area contributed by atoms with Crippen LogP contribution in [0, 0.1) is 0 Å². The number of hydrogen-bond acceptors (Lipinski definition) is 3. The van der Waals surface area contributed by atoms with E-state index in [1.807, 2.05) is 42.2 Å². The largest absolute Gasteiger partial charge is 0.494 e. The summed E-state index contributed by atoms with van der Waals surface area (Å²) in [5.41, 5.74) is 1.03. The molecule has 2 heterocycles. The lowest BCUT2D eigenvalue weighted by molar-refractivity contribution is -0.127. The van der Waals surface area contributed by atoms with Crippen LogP contribution >= 0.6 is 0 Å². The molecule has 4 nitrogen and oxygen atoms in total. The molecule has 2 aliphatic rings. The molecule has 2 fully saturated rings. The van der Waals surface area contributed by atoms with E-state index in [1.54, 1.807) is 6.08 Å². The molecule has 3 rings (SSSR count). The maximum atomic E-state index is 12.4. The van der Waals surface area contributed by atoms with Crippen LogP contribution < -0.4 is 4.74 Å². The summed E-state index contributed by atoms with van der Waals surface area (Å²) in [6, 6.07) is 8.53. The molecule has 0 saturated carbocycles. The van der Waals surface area contributed by atoms with Crippen LogP contribution in [0.2, 0.25) is 0 Å². The van der Waals surface area contributed by atoms with E-state index in [1.165, 1.54) is 32.4 Å². The molecule has 0 N–H and O–H groups in total. The normalized spacial score (nSPS) is 20.1. The average molecular weight is 342 g/mol. The molecule has 0 bridgehead atoms. The summed E-state index contributed by atoms with van der Waals surface area (Å²) in [7, 11) is 0. The number of rotatable bonds is 5. The van der Waals surface area contributed by atoms with Gasteiger partial charge in [0.25, 0.3) is 0 Å². The lowest BCUT2D eigenvalue weighted by atomic mass is 10.00. The molecule has 0 spiro atoms. The van der Waals surface area contributed by atoms with E-state index in [0.29, 0.717) is 12.6 Å². The Bertz CT molecular complexity index is 568. The number of piperidine rings is 2. The van der Waals surface area contributed by atoms with Gasteiger partial charge in [-0.2, -0.15) is 0 Å². The smallest absolute Gasteiger partial charge is 0.246 e. The first-order chi connectivity index (χ1) is 12.3. The van der Waals surface area contributed by atoms with Crippen molar-refractivity contribution in [1.82, 2.24) is 9.80 Å². The Morgan fingerprint density at radius 1 is 1.08 bits per heavy atom. The van der Waals surface area contributed by atoms with Gasteiger partial charge < -0.3 is 14.5 Å². The van der Waals surface area contributed by atoms with Crippen molar-refractivity contribution in [2.75, 3.05) is 32.8 Å². The highest BCUT2D eigenvalue weighted by Crippen LogP contribution is 2.21. The van der Waals surface area contributed by atoms with Gasteiger partial charge in [-0.05, 0) is 69.5 Å². The summed E-state index contributed by atoms with van der Waals surface area (Å²) < 4.78 is 5.44. The highest BCUT2D eigenvalue weighted by molar-refractivity contribution is 5.91. The number of hydrogen-bond donors (Lipinski definition) is 0. The minimum atomic E-state index is 0.131. The number of benzene rings is 1. The van der Waals surface area contributed by atoms with Crippen LogP contribution in [0.3, 0.4) is 0 Å². The predicted molar refractivity (Wildman–Crippen MR) is 102 cm³/mol. The predicted octanol–water partition coefficient (Wildman–Crippen LogP) is 3.58. The molecule has 2 aliphatic heterocycles. The van der Waals surface area contributed by atoms with Crippen LogP contribution in [-0.2, 0) is 4.79 Å². The molecule has 25 heavy (non-hydrogen) atoms. The Hall–Kier alpha value is -1.81. The van der Waals surface area contributed by atoms with Crippen LogP contribution in [0.5, 0.6) is 5.75 Å². The first-order valence-electron chi connectivity index (χ1n) is 9.70. The zero-order valence-corrected chi connectivity index (χ0v) is 15.3. The van der Waals surface area contributed by atoms with Crippen molar-refractivity contribution in [2.45, 2.75) is 45.1 Å². The average Bonchev–Trinajstić information content (AvgIpc) is 2.68. The maximum absolute atomic E-state index is 12.4. The quantitative estimate of drug-likeness (QED) is 0.767. The van der Waals surface area contributed by atoms with Crippen LogP contribution in [0.4, 0.5) is 0 Å². The van der Waals surface area contributed by atoms with Crippen molar-refractivity contribution in [2.24, 2.45) is 0 Å². The van der Waals surface area contributed by atoms with E-state index in [-0.39, 0.29) is 5.91 Å². The van der Waals surface area contributed by atoms with Crippen molar-refractivity contribution >= 4 is 12.0 Å². The molecule has 0 aliphatic carbocycles. The Kier molecular flexibility index (Phi) is 6.51. The fraction of sp³-hybridized carbons (Fsp3) is 0.571. The fourth-order valence-corrected chi connectivity index (χ4v) is 3.85. The number of nitrogens with zero attached hydrogens (tertiary/aromatic N) is 2. The SMILES string of the molecule is CCOc1ccc(/C=C/C(=O)N2CCC(N3CCCCC3)CC2)cc1. The van der Waals surface area contributed by atoms with Gasteiger partial charge in [0.2, 0.25) is 5.91 Å². The van der Waals surface area contributed by atoms with Crippen molar-refractivity contribution in [1.29, 1.82) is 0 Å². The monoisotopic (exact) mass is 342 g/mol. The van der Waals surface area contributed by atoms with Crippen molar-refractivity contribution in [3.63, 3.8) is 0 Å². The van der Waals surface area contributed by atoms with Crippen molar-refractivity contribution in [3.05, 3.63) is 35.9 Å². The third-order valence-electron chi connectivity index (χ3n) is 5.29. The van der Waals surface area contributed by atoms with E-state index in [9.17, 15) is 4.79 Å². The summed E-state index contributed by atoms with van der Waals surface area (Å²) >= 11 is 0. The van der Waals surface area contributed by atoms with E-state index >= 15 is 0 Å². The first-order valence-corrected chi connectivity index (χ1v) is 9.70. The van der Waals surface area contributed by atoms with Crippen LogP contribution in [0.1, 0.15) is 44.6 Å². The topological polar surface area (TPSA) is 32.8 Å². The minimum absolute atomic E-state index is 0.131. The molecule has 1 amide bonds. The van der Waals surface area contributed by atoms with E-state index in [2.05, 4.69) is 4.90 Å². The third kappa shape index (κ3) is 5.08. The molecule has 1 aromatic carbocycles. The summed E-state index contributed by atoms with van der Waals surface area (Å²) in [4.78, 5) is 17.1. The van der Waals surface area contributed by atoms with Gasteiger partial charge in [0.15, 0.2) is 0 Å². The Labute approximate surface area is 151 Å². The number of ether oxygens (including phenoxy) is 1. The van der Waals surface area contributed by atoms with Crippen molar-refractivity contribution in [3.8, 4) is 5.75 Å². The molecule has 4 heteroatoms. The van der Waals surface area contributed by atoms with Crippen LogP contribution in [-0.4, -0.2) is 54.5 Å². The molecule has 1 aromatic rings. The number of amides is 1. The summed E-state index contributed by atoms with van der Waals surface area (Å²) in [6.45, 7) is 6.90. The zero-order chi connectivity index (χ0) is 17.5. The van der Waals surface area contributed by atoms with Crippen molar-refractivity contribution < 1.29 is 9.53 Å². The van der Waals surface area contributed by atoms with Gasteiger partial charge in [-0.1, -0.05) is 18.6 Å². The second-order valence-corrected chi connectivity index (χ2v) is 6.99. The number of carbonyl (C=O) groups excluding carboxylic acids is 1. The Balaban J connectivity index is 1.47. The third-order valence-corrected chi connectivity index (χ3v) is 5.29. The molecule has 0 atom stereocenters. The molecule has 136 valence electrons. The molecular formula is C21H30N2O2. The van der Waals surface area contributed by atoms with E-state index in [0.717, 1.165) is 37.2 Å². The maximum Gasteiger partial charge on any atom is 0.246 e. The summed E-state index contributed by atoms with van der Waals surface area (Å²) in [5.74, 6) is 0.997. The fourth-order valence-electron chi connectivity index (χ4n) is 3.85. The van der Waals surface area contributed by atoms with Crippen LogP contribution in [0.15, 0.2) is 30.3 Å². The summed E-state index contributed by atoms with van der Waals surface area (Å²) in [5, 5.41) is 0. The van der Waals surface area contributed by atoms with Gasteiger partial charge in [-0.15, -0.1) is 0 Å². The van der Waals surface area contributed by atoms with Gasteiger partial charge >= 0.3 is 0 Å². The molecule has 0 unspecified atom stereocenters. The zero-order valence-electron chi connectivity index (χ0n) is 15.3. The lowest BCUT2D eigenvalue weighted by Gasteiger charge is -2.40. The lowest BCUT2D eigenvalue weighted by Crippen LogP contribution is -2.47. The summed E-state index contributed by atoms with van der Waals surface area (Å²) in [6.07, 6.45) is 9.88. The molecule has 0 radical (unpaired) electrons. The number of likely N-dealkylation sites (tertiary alicyclic amines) is 2. The second-order valence-electron chi connectivity index (χ2n) is 6.99. The first kappa shape index (κ1) is 18.0. The minimum Gasteiger partial charge on any atom is -0.494 e. The van der Waals surface area contributed by atoms with Gasteiger partial charge in [0, 0.05) is 25.2 Å². The highest BCUT2D eigenvalue weighted by atomic mass is 16.5. The highest BCUT2D eigenvalue weighted by Gasteiger charge is 2.26. The van der Waals surface area contributed by atoms with Gasteiger partial charge in [0.05, 0.1) is 6.61 Å². The molecule has 2 saturated heterocycles. The molecular weight excluding hydrogens is 312 g/mol. The van der Waals surface area contributed by atoms with Gasteiger partial charge in [0.1, 0.15) is 5.75 Å². The second kappa shape index (κ2) is 9.04. The van der Waals surface area contributed by atoms with Gasteiger partial charge in [-0.3, -0.25) is 4.79 Å². The Morgan fingerprint density at radius 2 is 1.76 bits per heavy atom. The standard InChI is InChI=1S/C21H30N2O2/c1-2-25-20-9-6-18(7-10-20)8-11-21(24)23-16-12-19(13-17-23)22-14-4-3-5-15-22/h6-11,19H,2-5,12-17H2,1H3/b11-8+. The van der Waals surface area contributed by atoms with Crippen LogP contribution in [0.25, 0.3) is 6.08 Å². The van der Waals surface area contributed by atoms with Gasteiger partial charge in [-0.25, -0.2) is 0 Å². The molecule has 0 aromatic heterocycles. The van der Waals surface area contributed by atoms with E-state index in [4.69, 9.17) is 4.74 Å². The van der Waals surface area contributed by atoms with E-state index < -0.39 is 0 Å². The Morgan fingerprint density at radius 3 is 2.40 bits per heavy atom. The number of carbonyl (C=O) groups is 1.